The monoisotopic (exact) mass is 304 g/mol. The van der Waals surface area contributed by atoms with E-state index in [9.17, 15) is 5.26 Å². The Morgan fingerprint density at radius 1 is 1.30 bits per heavy atom. The Hall–Kier alpha value is -3.13. The second-order valence-electron chi connectivity index (χ2n) is 5.00. The average molecular weight is 304 g/mol. The molecule has 2 heterocycles. The molecule has 0 radical (unpaired) electrons. The first-order valence-corrected chi connectivity index (χ1v) is 7.35. The fourth-order valence-electron chi connectivity index (χ4n) is 2.49. The van der Waals surface area contributed by atoms with Crippen molar-refractivity contribution in [1.29, 1.82) is 5.26 Å². The number of aliphatic imine (C=N–C) groups is 1. The quantitative estimate of drug-likeness (QED) is 0.879. The van der Waals surface area contributed by atoms with Gasteiger partial charge in [0.05, 0.1) is 24.2 Å². The first-order valence-electron chi connectivity index (χ1n) is 7.35. The number of nitrogens with one attached hydrogen (secondary N) is 1. The van der Waals surface area contributed by atoms with E-state index in [4.69, 9.17) is 4.74 Å². The minimum Gasteiger partial charge on any atom is -0.497 e. The van der Waals surface area contributed by atoms with E-state index in [0.717, 1.165) is 29.1 Å². The largest absolute Gasteiger partial charge is 0.497 e. The Morgan fingerprint density at radius 2 is 2.17 bits per heavy atom. The molecule has 1 N–H and O–H groups in total. The Bertz CT molecular complexity index is 832. The van der Waals surface area contributed by atoms with Crippen molar-refractivity contribution in [2.45, 2.75) is 13.3 Å². The lowest BCUT2D eigenvalue weighted by Gasteiger charge is -2.21. The number of ether oxygens (including phenoxy) is 1. The van der Waals surface area contributed by atoms with Crippen LogP contribution in [-0.4, -0.2) is 17.8 Å². The Labute approximate surface area is 135 Å². The molecule has 0 bridgehead atoms. The van der Waals surface area contributed by atoms with Crippen LogP contribution >= 0.6 is 0 Å². The highest BCUT2D eigenvalue weighted by Crippen LogP contribution is 2.31. The molecule has 5 nitrogen and oxygen atoms in total. The minimum atomic E-state index is 0.421. The van der Waals surface area contributed by atoms with Crippen LogP contribution in [0.2, 0.25) is 0 Å². The summed E-state index contributed by atoms with van der Waals surface area (Å²) >= 11 is 0. The third kappa shape index (κ3) is 2.79. The lowest BCUT2D eigenvalue weighted by molar-refractivity contribution is 0.415. The van der Waals surface area contributed by atoms with Crippen LogP contribution in [0.4, 0.5) is 5.69 Å². The molecule has 1 aliphatic heterocycles. The van der Waals surface area contributed by atoms with Crippen molar-refractivity contribution in [2.24, 2.45) is 4.99 Å². The van der Waals surface area contributed by atoms with Crippen molar-refractivity contribution in [3.63, 3.8) is 0 Å². The molecular formula is C18H16N4O. The number of hydrogen-bond acceptors (Lipinski definition) is 5. The van der Waals surface area contributed by atoms with Gasteiger partial charge in [0.1, 0.15) is 17.4 Å². The van der Waals surface area contributed by atoms with Crippen molar-refractivity contribution in [3.8, 4) is 11.8 Å². The second kappa shape index (κ2) is 6.32. The summed E-state index contributed by atoms with van der Waals surface area (Å²) in [5.74, 6) is 1.27. The molecule has 0 fully saturated rings. The highest BCUT2D eigenvalue weighted by molar-refractivity contribution is 6.08. The number of nitriles is 1. The number of pyridine rings is 1. The molecule has 0 atom stereocenters. The summed E-state index contributed by atoms with van der Waals surface area (Å²) in [7, 11) is 1.63. The fourth-order valence-corrected chi connectivity index (χ4v) is 2.49. The standard InChI is InChI=1S/C18H16N4O/c1-3-15-13-8-7-12(23-2)10-17(13)22-18(21-15)14(11-19)16-6-4-5-9-20-16/h4-10,22H,3H2,1-2H3/b18-14-. The van der Waals surface area contributed by atoms with Crippen molar-refractivity contribution < 1.29 is 4.74 Å². The molecule has 0 aliphatic carbocycles. The lowest BCUT2D eigenvalue weighted by atomic mass is 10.0. The minimum absolute atomic E-state index is 0.421. The Morgan fingerprint density at radius 3 is 2.83 bits per heavy atom. The van der Waals surface area contributed by atoms with Gasteiger partial charge in [-0.25, -0.2) is 4.99 Å². The summed E-state index contributed by atoms with van der Waals surface area (Å²) in [4.78, 5) is 8.88. The van der Waals surface area contributed by atoms with Crippen molar-refractivity contribution in [3.05, 3.63) is 59.7 Å². The number of benzene rings is 1. The summed E-state index contributed by atoms with van der Waals surface area (Å²) in [6, 6.07) is 13.5. The first kappa shape index (κ1) is 14.8. The summed E-state index contributed by atoms with van der Waals surface area (Å²) in [6.07, 6.45) is 2.43. The molecular weight excluding hydrogens is 288 g/mol. The lowest BCUT2D eigenvalue weighted by Crippen LogP contribution is -2.15. The van der Waals surface area contributed by atoms with Crippen LogP contribution in [0.15, 0.2) is 53.4 Å². The van der Waals surface area contributed by atoms with Crippen molar-refractivity contribution >= 4 is 17.0 Å². The number of hydrogen-bond donors (Lipinski definition) is 1. The molecule has 0 amide bonds. The summed E-state index contributed by atoms with van der Waals surface area (Å²) in [6.45, 7) is 2.04. The maximum absolute atomic E-state index is 9.56. The molecule has 3 rings (SSSR count). The number of nitrogens with zero attached hydrogens (tertiary/aromatic N) is 3. The van der Waals surface area contributed by atoms with Gasteiger partial charge in [-0.05, 0) is 30.7 Å². The van der Waals surface area contributed by atoms with Gasteiger partial charge in [-0.3, -0.25) is 4.98 Å². The third-order valence-electron chi connectivity index (χ3n) is 3.64. The maximum atomic E-state index is 9.56. The summed E-state index contributed by atoms with van der Waals surface area (Å²) in [5, 5.41) is 12.8. The third-order valence-corrected chi connectivity index (χ3v) is 3.64. The van der Waals surface area contributed by atoms with Gasteiger partial charge >= 0.3 is 0 Å². The van der Waals surface area contributed by atoms with E-state index < -0.39 is 0 Å². The van der Waals surface area contributed by atoms with Crippen molar-refractivity contribution in [1.82, 2.24) is 4.98 Å². The van der Waals surface area contributed by atoms with E-state index in [1.54, 1.807) is 19.4 Å². The molecule has 23 heavy (non-hydrogen) atoms. The SMILES string of the molecule is CCC1=N/C(=C(\C#N)c2ccccn2)Nc2cc(OC)ccc21. The van der Waals surface area contributed by atoms with Crippen LogP contribution in [0.1, 0.15) is 24.6 Å². The molecule has 1 aromatic carbocycles. The van der Waals surface area contributed by atoms with E-state index >= 15 is 0 Å². The Balaban J connectivity index is 2.15. The van der Waals surface area contributed by atoms with Crippen LogP contribution in [-0.2, 0) is 0 Å². The van der Waals surface area contributed by atoms with Gasteiger partial charge in [0.15, 0.2) is 5.82 Å². The van der Waals surface area contributed by atoms with Gasteiger partial charge < -0.3 is 10.1 Å². The zero-order chi connectivity index (χ0) is 16.2. The summed E-state index contributed by atoms with van der Waals surface area (Å²) in [5.41, 5.74) is 3.86. The predicted molar refractivity (Wildman–Crippen MR) is 90.2 cm³/mol. The molecule has 5 heteroatoms. The molecule has 0 unspecified atom stereocenters. The number of aromatic nitrogens is 1. The molecule has 1 aliphatic rings. The molecule has 2 aromatic rings. The Kier molecular flexibility index (Phi) is 4.07. The normalized spacial score (nSPS) is 14.9. The van der Waals surface area contributed by atoms with Gasteiger partial charge in [0.25, 0.3) is 0 Å². The van der Waals surface area contributed by atoms with Crippen LogP contribution in [0, 0.1) is 11.3 Å². The number of allylic oxidation sites excluding steroid dienone is 1. The van der Waals surface area contributed by atoms with Crippen LogP contribution in [0.25, 0.3) is 5.57 Å². The number of rotatable bonds is 3. The summed E-state index contributed by atoms with van der Waals surface area (Å²) < 4.78 is 5.28. The first-order chi connectivity index (χ1) is 11.3. The topological polar surface area (TPSA) is 70.3 Å². The second-order valence-corrected chi connectivity index (χ2v) is 5.00. The van der Waals surface area contributed by atoms with Gasteiger partial charge in [-0.15, -0.1) is 0 Å². The molecule has 1 aromatic heterocycles. The smallest absolute Gasteiger partial charge is 0.150 e. The van der Waals surface area contributed by atoms with Crippen LogP contribution in [0.3, 0.4) is 0 Å². The van der Waals surface area contributed by atoms with Crippen LogP contribution in [0.5, 0.6) is 5.75 Å². The molecule has 0 saturated carbocycles. The number of methoxy groups -OCH3 is 1. The predicted octanol–water partition coefficient (Wildman–Crippen LogP) is 3.61. The van der Waals surface area contributed by atoms with E-state index in [1.807, 2.05) is 37.3 Å². The number of anilines is 1. The van der Waals surface area contributed by atoms with Gasteiger partial charge in [0.2, 0.25) is 0 Å². The van der Waals surface area contributed by atoms with E-state index in [0.29, 0.717) is 17.1 Å². The van der Waals surface area contributed by atoms with Gasteiger partial charge in [-0.1, -0.05) is 13.0 Å². The highest BCUT2D eigenvalue weighted by Gasteiger charge is 2.20. The molecule has 0 saturated heterocycles. The van der Waals surface area contributed by atoms with E-state index in [2.05, 4.69) is 21.4 Å². The van der Waals surface area contributed by atoms with E-state index in [-0.39, 0.29) is 0 Å². The van der Waals surface area contributed by atoms with E-state index in [1.165, 1.54) is 0 Å². The maximum Gasteiger partial charge on any atom is 0.150 e. The van der Waals surface area contributed by atoms with Crippen LogP contribution < -0.4 is 10.1 Å². The van der Waals surface area contributed by atoms with Crippen molar-refractivity contribution in [2.75, 3.05) is 12.4 Å². The van der Waals surface area contributed by atoms with Gasteiger partial charge in [0, 0.05) is 17.8 Å². The zero-order valence-electron chi connectivity index (χ0n) is 13.0. The zero-order valence-corrected chi connectivity index (χ0v) is 13.0. The fraction of sp³-hybridized carbons (Fsp3) is 0.167. The molecule has 114 valence electrons. The van der Waals surface area contributed by atoms with Gasteiger partial charge in [-0.2, -0.15) is 5.26 Å². The molecule has 0 spiro atoms. The highest BCUT2D eigenvalue weighted by atomic mass is 16.5. The average Bonchev–Trinajstić information content (AvgIpc) is 2.62. The number of fused-ring (bicyclic) bond motifs is 1.